The number of amides is 1. The molecule has 7 nitrogen and oxygen atoms in total. The lowest BCUT2D eigenvalue weighted by Crippen LogP contribution is -2.15. The highest BCUT2D eigenvalue weighted by Gasteiger charge is 2.13. The summed E-state index contributed by atoms with van der Waals surface area (Å²) in [6, 6.07) is 11.5. The number of carbonyl (C=O) groups is 1. The summed E-state index contributed by atoms with van der Waals surface area (Å²) in [4.78, 5) is 24.0. The second kappa shape index (κ2) is 6.20. The Morgan fingerprint density at radius 3 is 2.96 bits per heavy atom. The van der Waals surface area contributed by atoms with Gasteiger partial charge in [0.1, 0.15) is 5.69 Å². The average Bonchev–Trinajstić information content (AvgIpc) is 3.24. The molecule has 7 heteroatoms. The van der Waals surface area contributed by atoms with E-state index in [0.29, 0.717) is 11.5 Å². The quantitative estimate of drug-likeness (QED) is 0.535. The van der Waals surface area contributed by atoms with Crippen molar-refractivity contribution in [2.24, 2.45) is 0 Å². The zero-order chi connectivity index (χ0) is 17.2. The van der Waals surface area contributed by atoms with Gasteiger partial charge in [0, 0.05) is 23.3 Å². The van der Waals surface area contributed by atoms with Crippen molar-refractivity contribution in [2.75, 3.05) is 5.32 Å². The van der Waals surface area contributed by atoms with Gasteiger partial charge in [0.05, 0.1) is 6.42 Å². The van der Waals surface area contributed by atoms with E-state index in [0.717, 1.165) is 22.0 Å². The lowest BCUT2D eigenvalue weighted by atomic mass is 10.1. The maximum atomic E-state index is 12.3. The van der Waals surface area contributed by atoms with Gasteiger partial charge in [-0.05, 0) is 30.2 Å². The van der Waals surface area contributed by atoms with E-state index in [1.165, 1.54) is 0 Å². The highest BCUT2D eigenvalue weighted by Crippen LogP contribution is 2.22. The number of fused-ring (bicyclic) bond motifs is 1. The molecule has 3 N–H and O–H groups in total. The number of pyridine rings is 1. The third kappa shape index (κ3) is 2.99. The third-order valence-electron chi connectivity index (χ3n) is 4.00. The highest BCUT2D eigenvalue weighted by molar-refractivity contribution is 5.95. The Morgan fingerprint density at radius 2 is 2.12 bits per heavy atom. The highest BCUT2D eigenvalue weighted by atomic mass is 16.1. The van der Waals surface area contributed by atoms with Crippen LogP contribution in [0.4, 0.5) is 5.95 Å². The van der Waals surface area contributed by atoms with E-state index in [-0.39, 0.29) is 18.3 Å². The molecule has 3 aromatic heterocycles. The Kier molecular flexibility index (Phi) is 3.74. The van der Waals surface area contributed by atoms with Gasteiger partial charge in [-0.15, -0.1) is 5.10 Å². The average molecular weight is 332 g/mol. The lowest BCUT2D eigenvalue weighted by molar-refractivity contribution is -0.115. The zero-order valence-electron chi connectivity index (χ0n) is 13.6. The first-order valence-electron chi connectivity index (χ1n) is 7.90. The van der Waals surface area contributed by atoms with Crippen LogP contribution in [0.5, 0.6) is 0 Å². The first kappa shape index (κ1) is 15.1. The van der Waals surface area contributed by atoms with Gasteiger partial charge < -0.3 is 4.98 Å². The fourth-order valence-electron chi connectivity index (χ4n) is 2.79. The van der Waals surface area contributed by atoms with E-state index in [2.05, 4.69) is 30.5 Å². The molecule has 0 unspecified atom stereocenters. The van der Waals surface area contributed by atoms with Gasteiger partial charge in [-0.1, -0.05) is 24.3 Å². The summed E-state index contributed by atoms with van der Waals surface area (Å²) in [6.07, 6.45) is 3.79. The summed E-state index contributed by atoms with van der Waals surface area (Å²) in [7, 11) is 0. The van der Waals surface area contributed by atoms with Crippen molar-refractivity contribution in [3.63, 3.8) is 0 Å². The van der Waals surface area contributed by atoms with Gasteiger partial charge in [0.25, 0.3) is 0 Å². The number of aryl methyl sites for hydroxylation is 1. The summed E-state index contributed by atoms with van der Waals surface area (Å²) in [5.41, 5.74) is 3.82. The number of hydrogen-bond acceptors (Lipinski definition) is 4. The van der Waals surface area contributed by atoms with Crippen molar-refractivity contribution in [3.05, 3.63) is 59.9 Å². The van der Waals surface area contributed by atoms with Crippen LogP contribution < -0.4 is 5.32 Å². The Hall–Kier alpha value is -3.48. The largest absolute Gasteiger partial charge is 0.361 e. The van der Waals surface area contributed by atoms with Crippen LogP contribution in [0.3, 0.4) is 0 Å². The molecule has 4 aromatic rings. The van der Waals surface area contributed by atoms with Crippen LogP contribution in [0.15, 0.2) is 48.8 Å². The Bertz CT molecular complexity index is 1030. The van der Waals surface area contributed by atoms with Crippen LogP contribution in [0.25, 0.3) is 22.4 Å². The molecule has 0 aliphatic rings. The second-order valence-electron chi connectivity index (χ2n) is 5.76. The topological polar surface area (TPSA) is 99.3 Å². The van der Waals surface area contributed by atoms with E-state index in [1.807, 2.05) is 49.5 Å². The number of aromatic amines is 2. The van der Waals surface area contributed by atoms with Gasteiger partial charge in [-0.2, -0.15) is 4.98 Å². The molecule has 0 aliphatic carbocycles. The van der Waals surface area contributed by atoms with E-state index in [9.17, 15) is 4.79 Å². The number of nitrogens with one attached hydrogen (secondary N) is 3. The number of H-pyrrole nitrogens is 2. The number of hydrogen-bond donors (Lipinski definition) is 3. The number of para-hydroxylation sites is 1. The van der Waals surface area contributed by atoms with Crippen molar-refractivity contribution < 1.29 is 4.79 Å². The van der Waals surface area contributed by atoms with Crippen molar-refractivity contribution >= 4 is 22.8 Å². The van der Waals surface area contributed by atoms with Crippen LogP contribution in [0.1, 0.15) is 11.1 Å². The van der Waals surface area contributed by atoms with E-state index in [1.54, 1.807) is 6.20 Å². The summed E-state index contributed by atoms with van der Waals surface area (Å²) >= 11 is 0. The van der Waals surface area contributed by atoms with Gasteiger partial charge in [0.15, 0.2) is 5.82 Å². The number of benzene rings is 1. The molecule has 0 fully saturated rings. The van der Waals surface area contributed by atoms with Crippen molar-refractivity contribution in [1.29, 1.82) is 0 Å². The Balaban J connectivity index is 1.49. The first-order valence-corrected chi connectivity index (χ1v) is 7.90. The molecule has 0 spiro atoms. The third-order valence-corrected chi connectivity index (χ3v) is 4.00. The normalized spacial score (nSPS) is 10.9. The molecule has 0 saturated carbocycles. The number of nitrogens with zero attached hydrogens (tertiary/aromatic N) is 3. The van der Waals surface area contributed by atoms with Gasteiger partial charge in [-0.25, -0.2) is 0 Å². The fourth-order valence-corrected chi connectivity index (χ4v) is 2.79. The predicted molar refractivity (Wildman–Crippen MR) is 95.0 cm³/mol. The SMILES string of the molecule is Cc1cccc2c(CC(=O)Nc3n[nH]c(-c4ccccn4)n3)c[nH]c12. The minimum Gasteiger partial charge on any atom is -0.361 e. The molecular formula is C18H16N6O. The number of anilines is 1. The Labute approximate surface area is 143 Å². The number of carbonyl (C=O) groups excluding carboxylic acids is 1. The fraction of sp³-hybridized carbons (Fsp3) is 0.111. The number of rotatable bonds is 4. The van der Waals surface area contributed by atoms with Crippen LogP contribution in [-0.2, 0) is 11.2 Å². The minimum atomic E-state index is -0.172. The van der Waals surface area contributed by atoms with E-state index < -0.39 is 0 Å². The molecule has 0 radical (unpaired) electrons. The molecule has 0 atom stereocenters. The lowest BCUT2D eigenvalue weighted by Gasteiger charge is -2.01. The zero-order valence-corrected chi connectivity index (χ0v) is 13.6. The maximum absolute atomic E-state index is 12.3. The minimum absolute atomic E-state index is 0.172. The van der Waals surface area contributed by atoms with E-state index >= 15 is 0 Å². The molecule has 0 bridgehead atoms. The van der Waals surface area contributed by atoms with Crippen molar-refractivity contribution in [3.8, 4) is 11.5 Å². The molecule has 1 amide bonds. The van der Waals surface area contributed by atoms with E-state index in [4.69, 9.17) is 0 Å². The predicted octanol–water partition coefficient (Wildman–Crippen LogP) is 2.84. The maximum Gasteiger partial charge on any atom is 0.249 e. The first-order chi connectivity index (χ1) is 12.2. The second-order valence-corrected chi connectivity index (χ2v) is 5.76. The van der Waals surface area contributed by atoms with Gasteiger partial charge >= 0.3 is 0 Å². The molecule has 25 heavy (non-hydrogen) atoms. The Morgan fingerprint density at radius 1 is 1.20 bits per heavy atom. The molecule has 124 valence electrons. The molecule has 3 heterocycles. The van der Waals surface area contributed by atoms with Crippen molar-refractivity contribution in [1.82, 2.24) is 25.1 Å². The monoisotopic (exact) mass is 332 g/mol. The van der Waals surface area contributed by atoms with Gasteiger partial charge in [0.2, 0.25) is 11.9 Å². The standard InChI is InChI=1S/C18H16N6O/c1-11-5-4-6-13-12(10-20-16(11)13)9-15(25)21-18-22-17(23-24-18)14-7-2-3-8-19-14/h2-8,10,20H,9H2,1H3,(H2,21,22,23,24,25). The van der Waals surface area contributed by atoms with Crippen LogP contribution in [0, 0.1) is 6.92 Å². The molecule has 0 aliphatic heterocycles. The van der Waals surface area contributed by atoms with Crippen LogP contribution in [0.2, 0.25) is 0 Å². The van der Waals surface area contributed by atoms with Crippen LogP contribution >= 0.6 is 0 Å². The molecule has 4 rings (SSSR count). The van der Waals surface area contributed by atoms with Crippen molar-refractivity contribution in [2.45, 2.75) is 13.3 Å². The summed E-state index contributed by atoms with van der Waals surface area (Å²) in [5.74, 6) is 0.578. The smallest absolute Gasteiger partial charge is 0.249 e. The summed E-state index contributed by atoms with van der Waals surface area (Å²) in [5, 5.41) is 10.6. The summed E-state index contributed by atoms with van der Waals surface area (Å²) in [6.45, 7) is 2.04. The molecular weight excluding hydrogens is 316 g/mol. The van der Waals surface area contributed by atoms with Gasteiger partial charge in [-0.3, -0.25) is 20.2 Å². The number of aromatic nitrogens is 5. The summed E-state index contributed by atoms with van der Waals surface area (Å²) < 4.78 is 0. The molecule has 1 aromatic carbocycles. The molecule has 0 saturated heterocycles. The van der Waals surface area contributed by atoms with Crippen LogP contribution in [-0.4, -0.2) is 31.1 Å².